The van der Waals surface area contributed by atoms with Gasteiger partial charge < -0.3 is 4.90 Å². The van der Waals surface area contributed by atoms with Crippen LogP contribution in [0.3, 0.4) is 0 Å². The van der Waals surface area contributed by atoms with Crippen LogP contribution in [0.1, 0.15) is 25.7 Å². The molecule has 0 aromatic heterocycles. The van der Waals surface area contributed by atoms with E-state index in [0.717, 1.165) is 12.6 Å². The molecule has 0 aromatic carbocycles. The normalized spacial score (nSPS) is 31.6. The molecular weight excluding hydrogens is 184 g/mol. The molecule has 3 rings (SSSR count). The highest BCUT2D eigenvalue weighted by atomic mass is 15.3. The van der Waals surface area contributed by atoms with E-state index in [1.165, 1.54) is 45.3 Å². The lowest BCUT2D eigenvalue weighted by atomic mass is 9.98. The Morgan fingerprint density at radius 1 is 1.07 bits per heavy atom. The zero-order valence-electron chi connectivity index (χ0n) is 9.36. The van der Waals surface area contributed by atoms with E-state index in [2.05, 4.69) is 28.0 Å². The van der Waals surface area contributed by atoms with Crippen LogP contribution in [0.15, 0.2) is 23.9 Å². The molecule has 3 heterocycles. The Morgan fingerprint density at radius 2 is 2.00 bits per heavy atom. The first-order valence-corrected chi connectivity index (χ1v) is 6.31. The molecule has 3 aliphatic heterocycles. The SMILES string of the molecule is C1=CCN2CCCN3CCCCC3C2=C1. The predicted octanol–water partition coefficient (Wildman–Crippen LogP) is 2.00. The summed E-state index contributed by atoms with van der Waals surface area (Å²) in [7, 11) is 0. The van der Waals surface area contributed by atoms with Gasteiger partial charge in [0.2, 0.25) is 0 Å². The first-order valence-electron chi connectivity index (χ1n) is 6.31. The highest BCUT2D eigenvalue weighted by Crippen LogP contribution is 2.29. The molecule has 2 saturated heterocycles. The maximum absolute atomic E-state index is 2.70. The third kappa shape index (κ3) is 1.71. The van der Waals surface area contributed by atoms with E-state index in [1.807, 2.05) is 0 Å². The molecular formula is C13H20N2. The molecule has 0 N–H and O–H groups in total. The van der Waals surface area contributed by atoms with E-state index in [0.29, 0.717) is 0 Å². The zero-order valence-corrected chi connectivity index (χ0v) is 9.36. The summed E-state index contributed by atoms with van der Waals surface area (Å²) in [6.07, 6.45) is 12.4. The molecule has 0 aromatic rings. The Morgan fingerprint density at radius 3 is 3.00 bits per heavy atom. The molecule has 0 radical (unpaired) electrons. The van der Waals surface area contributed by atoms with Gasteiger partial charge in [0, 0.05) is 31.4 Å². The maximum Gasteiger partial charge on any atom is 0.0497 e. The van der Waals surface area contributed by atoms with Crippen molar-refractivity contribution in [2.75, 3.05) is 26.2 Å². The third-order valence-corrected chi connectivity index (χ3v) is 3.92. The van der Waals surface area contributed by atoms with Crippen molar-refractivity contribution in [2.45, 2.75) is 31.7 Å². The Hall–Kier alpha value is -0.760. The second kappa shape index (κ2) is 4.01. The Bertz CT molecular complexity index is 293. The number of piperidine rings is 1. The summed E-state index contributed by atoms with van der Waals surface area (Å²) in [5.41, 5.74) is 1.59. The third-order valence-electron chi connectivity index (χ3n) is 3.92. The van der Waals surface area contributed by atoms with Crippen LogP contribution in [-0.4, -0.2) is 42.0 Å². The molecule has 0 saturated carbocycles. The van der Waals surface area contributed by atoms with Gasteiger partial charge in [0.1, 0.15) is 0 Å². The minimum Gasteiger partial charge on any atom is -0.370 e. The molecule has 82 valence electrons. The zero-order chi connectivity index (χ0) is 10.1. The van der Waals surface area contributed by atoms with Gasteiger partial charge in [-0.2, -0.15) is 0 Å². The van der Waals surface area contributed by atoms with Gasteiger partial charge in [0.05, 0.1) is 0 Å². The van der Waals surface area contributed by atoms with Crippen molar-refractivity contribution in [2.24, 2.45) is 0 Å². The topological polar surface area (TPSA) is 6.48 Å². The smallest absolute Gasteiger partial charge is 0.0497 e. The molecule has 1 unspecified atom stereocenters. The molecule has 2 fully saturated rings. The number of hydrogen-bond donors (Lipinski definition) is 0. The van der Waals surface area contributed by atoms with Crippen molar-refractivity contribution in [3.8, 4) is 0 Å². The second-order valence-corrected chi connectivity index (χ2v) is 4.87. The average Bonchev–Trinajstić information content (AvgIpc) is 2.48. The van der Waals surface area contributed by atoms with Crippen molar-refractivity contribution in [3.05, 3.63) is 23.9 Å². The van der Waals surface area contributed by atoms with Gasteiger partial charge in [-0.1, -0.05) is 18.6 Å². The first-order chi connectivity index (χ1) is 7.45. The quantitative estimate of drug-likeness (QED) is 0.595. The monoisotopic (exact) mass is 204 g/mol. The largest absolute Gasteiger partial charge is 0.370 e. The van der Waals surface area contributed by atoms with E-state index >= 15 is 0 Å². The summed E-state index contributed by atoms with van der Waals surface area (Å²) in [6.45, 7) is 5.01. The summed E-state index contributed by atoms with van der Waals surface area (Å²) in [6, 6.07) is 0.728. The molecule has 15 heavy (non-hydrogen) atoms. The lowest BCUT2D eigenvalue weighted by molar-refractivity contribution is 0.170. The Balaban J connectivity index is 1.88. The lowest BCUT2D eigenvalue weighted by Gasteiger charge is -2.38. The lowest BCUT2D eigenvalue weighted by Crippen LogP contribution is -2.42. The number of rotatable bonds is 0. The van der Waals surface area contributed by atoms with E-state index in [1.54, 1.807) is 5.70 Å². The van der Waals surface area contributed by atoms with Crippen molar-refractivity contribution in [1.82, 2.24) is 9.80 Å². The van der Waals surface area contributed by atoms with E-state index in [4.69, 9.17) is 0 Å². The second-order valence-electron chi connectivity index (χ2n) is 4.87. The van der Waals surface area contributed by atoms with E-state index in [9.17, 15) is 0 Å². The van der Waals surface area contributed by atoms with Gasteiger partial charge in [0.15, 0.2) is 0 Å². The molecule has 2 heteroatoms. The van der Waals surface area contributed by atoms with Crippen molar-refractivity contribution in [1.29, 1.82) is 0 Å². The number of allylic oxidation sites excluding steroid dienone is 2. The Labute approximate surface area is 92.2 Å². The first kappa shape index (κ1) is 9.46. The standard InChI is InChI=1S/C13H20N2/c1-3-8-14-10-5-11-15-9-4-2-7-13(15)12(14)6-1/h1,3,6,13H,2,4-5,7-11H2. The van der Waals surface area contributed by atoms with Crippen LogP contribution in [0.2, 0.25) is 0 Å². The number of nitrogens with zero attached hydrogens (tertiary/aromatic N) is 2. The van der Waals surface area contributed by atoms with Gasteiger partial charge in [0.25, 0.3) is 0 Å². The highest BCUT2D eigenvalue weighted by Gasteiger charge is 2.30. The summed E-state index contributed by atoms with van der Waals surface area (Å²) in [5, 5.41) is 0. The van der Waals surface area contributed by atoms with Crippen LogP contribution in [0.5, 0.6) is 0 Å². The van der Waals surface area contributed by atoms with Gasteiger partial charge >= 0.3 is 0 Å². The van der Waals surface area contributed by atoms with Gasteiger partial charge in [-0.25, -0.2) is 0 Å². The van der Waals surface area contributed by atoms with Crippen molar-refractivity contribution >= 4 is 0 Å². The average molecular weight is 204 g/mol. The fourth-order valence-electron chi connectivity index (χ4n) is 3.17. The van der Waals surface area contributed by atoms with Crippen LogP contribution in [0.4, 0.5) is 0 Å². The molecule has 1 atom stereocenters. The van der Waals surface area contributed by atoms with Crippen molar-refractivity contribution < 1.29 is 0 Å². The van der Waals surface area contributed by atoms with E-state index in [-0.39, 0.29) is 0 Å². The molecule has 0 aliphatic carbocycles. The summed E-state index contributed by atoms with van der Waals surface area (Å²) in [5.74, 6) is 0. The van der Waals surface area contributed by atoms with Crippen LogP contribution in [0, 0.1) is 0 Å². The van der Waals surface area contributed by atoms with Gasteiger partial charge in [-0.05, 0) is 31.9 Å². The summed E-state index contributed by atoms with van der Waals surface area (Å²) >= 11 is 0. The Kier molecular flexibility index (Phi) is 2.53. The van der Waals surface area contributed by atoms with Gasteiger partial charge in [-0.15, -0.1) is 0 Å². The van der Waals surface area contributed by atoms with Crippen LogP contribution in [0.25, 0.3) is 0 Å². The summed E-state index contributed by atoms with van der Waals surface area (Å²) in [4.78, 5) is 5.28. The fraction of sp³-hybridized carbons (Fsp3) is 0.692. The highest BCUT2D eigenvalue weighted by molar-refractivity contribution is 5.23. The molecule has 2 nitrogen and oxygen atoms in total. The summed E-state index contributed by atoms with van der Waals surface area (Å²) < 4.78 is 0. The minimum atomic E-state index is 0.728. The van der Waals surface area contributed by atoms with E-state index < -0.39 is 0 Å². The van der Waals surface area contributed by atoms with Crippen LogP contribution in [-0.2, 0) is 0 Å². The van der Waals surface area contributed by atoms with Crippen molar-refractivity contribution in [3.63, 3.8) is 0 Å². The molecule has 3 aliphatic rings. The maximum atomic E-state index is 2.70. The number of hydrogen-bond acceptors (Lipinski definition) is 2. The van der Waals surface area contributed by atoms with Crippen LogP contribution >= 0.6 is 0 Å². The molecule has 0 bridgehead atoms. The predicted molar refractivity (Wildman–Crippen MR) is 62.6 cm³/mol. The minimum absolute atomic E-state index is 0.728. The molecule has 0 spiro atoms. The molecule has 0 amide bonds. The van der Waals surface area contributed by atoms with Crippen LogP contribution < -0.4 is 0 Å². The number of fused-ring (bicyclic) bond motifs is 3. The fourth-order valence-corrected chi connectivity index (χ4v) is 3.17. The van der Waals surface area contributed by atoms with Gasteiger partial charge in [-0.3, -0.25) is 4.90 Å².